The maximum atomic E-state index is 9.20. The lowest BCUT2D eigenvalue weighted by Crippen LogP contribution is -2.11. The number of phenols is 1. The van der Waals surface area contributed by atoms with E-state index in [4.69, 9.17) is 16.3 Å². The first-order valence-corrected chi connectivity index (χ1v) is 9.71. The molecule has 0 amide bonds. The van der Waals surface area contributed by atoms with Crippen LogP contribution in [-0.2, 0) is 11.2 Å². The van der Waals surface area contributed by atoms with Crippen LogP contribution in [0.3, 0.4) is 0 Å². The van der Waals surface area contributed by atoms with E-state index in [0.717, 1.165) is 6.42 Å². The molecule has 0 unspecified atom stereocenters. The van der Waals surface area contributed by atoms with Gasteiger partial charge in [-0.05, 0) is 30.5 Å². The lowest BCUT2D eigenvalue weighted by atomic mass is 10.0. The molecule has 0 spiro atoms. The van der Waals surface area contributed by atoms with Crippen LogP contribution in [0.25, 0.3) is 0 Å². The highest BCUT2D eigenvalue weighted by Crippen LogP contribution is 2.14. The predicted molar refractivity (Wildman–Crippen MR) is 109 cm³/mol. The molecular formula is C21H40N2O2. The van der Waals surface area contributed by atoms with Crippen LogP contribution in [0.4, 0.5) is 0 Å². The molecule has 1 rings (SSSR count). The van der Waals surface area contributed by atoms with E-state index < -0.39 is 0 Å². The van der Waals surface area contributed by atoms with Gasteiger partial charge in [-0.15, -0.1) is 0 Å². The van der Waals surface area contributed by atoms with Gasteiger partial charge in [0.15, 0.2) is 0 Å². The van der Waals surface area contributed by atoms with Crippen molar-refractivity contribution >= 4 is 6.79 Å². The smallest absolute Gasteiger partial charge is 0.115 e. The van der Waals surface area contributed by atoms with Gasteiger partial charge in [0.25, 0.3) is 0 Å². The number of carbonyl (C=O) groups is 1. The molecule has 5 N–H and O–H groups in total. The number of benzene rings is 1. The number of phenolic OH excluding ortho intramolecular Hbond substituents is 1. The van der Waals surface area contributed by atoms with Crippen LogP contribution in [0.15, 0.2) is 24.3 Å². The van der Waals surface area contributed by atoms with E-state index >= 15 is 0 Å². The zero-order valence-electron chi connectivity index (χ0n) is 16.2. The largest absolute Gasteiger partial charge is 0.508 e. The molecule has 1 aromatic rings. The summed E-state index contributed by atoms with van der Waals surface area (Å²) in [5.41, 5.74) is 11.2. The Hall–Kier alpha value is -1.39. The van der Waals surface area contributed by atoms with Crippen LogP contribution >= 0.6 is 0 Å². The fourth-order valence-corrected chi connectivity index (χ4v) is 2.48. The van der Waals surface area contributed by atoms with E-state index in [1.54, 1.807) is 12.1 Å². The van der Waals surface area contributed by atoms with Gasteiger partial charge in [0.1, 0.15) is 12.5 Å². The molecule has 0 aliphatic carbocycles. The third kappa shape index (κ3) is 20.6. The molecular weight excluding hydrogens is 312 g/mol. The predicted octanol–water partition coefficient (Wildman–Crippen LogP) is 4.57. The Labute approximate surface area is 155 Å². The summed E-state index contributed by atoms with van der Waals surface area (Å²) >= 11 is 0. The van der Waals surface area contributed by atoms with Gasteiger partial charge in [0.2, 0.25) is 0 Å². The monoisotopic (exact) mass is 352 g/mol. The molecule has 0 atom stereocenters. The highest BCUT2D eigenvalue weighted by Gasteiger charge is 1.95. The van der Waals surface area contributed by atoms with Crippen molar-refractivity contribution in [3.05, 3.63) is 29.8 Å². The van der Waals surface area contributed by atoms with Crippen molar-refractivity contribution in [2.45, 2.75) is 77.6 Å². The molecule has 0 saturated heterocycles. The van der Waals surface area contributed by atoms with Crippen molar-refractivity contribution in [2.24, 2.45) is 11.5 Å². The Morgan fingerprint density at radius 3 is 1.56 bits per heavy atom. The van der Waals surface area contributed by atoms with Gasteiger partial charge in [0, 0.05) is 13.1 Å². The average Bonchev–Trinajstić information content (AvgIpc) is 2.66. The standard InChI is InChI=1S/C18H30O.C2H8N2.CH2O/c1-2-3-4-5-6-7-8-9-10-11-12-17-13-15-18(19)16-14-17;3-1-2-4;1-2/h13-16,19H,2-12H2,1H3;1-4H2;1H2. The number of carbonyl (C=O) groups excluding carboxylic acids is 1. The first-order chi connectivity index (χ1) is 12.2. The van der Waals surface area contributed by atoms with Gasteiger partial charge >= 0.3 is 0 Å². The molecule has 0 aromatic heterocycles. The second kappa shape index (κ2) is 22.6. The highest BCUT2D eigenvalue weighted by molar-refractivity contribution is 5.25. The van der Waals surface area contributed by atoms with Crippen LogP contribution in [0.2, 0.25) is 0 Å². The van der Waals surface area contributed by atoms with Crippen LogP contribution in [0.1, 0.15) is 76.7 Å². The molecule has 0 fully saturated rings. The maximum absolute atomic E-state index is 9.20. The minimum absolute atomic E-state index is 0.367. The molecule has 0 saturated carbocycles. The quantitative estimate of drug-likeness (QED) is 0.480. The number of aromatic hydroxyl groups is 1. The van der Waals surface area contributed by atoms with Gasteiger partial charge in [-0.2, -0.15) is 0 Å². The molecule has 1 aromatic carbocycles. The lowest BCUT2D eigenvalue weighted by Gasteiger charge is -2.03. The SMILES string of the molecule is C=O.CCCCCCCCCCCCc1ccc(O)cc1.NCCN. The van der Waals surface area contributed by atoms with E-state index in [1.807, 2.05) is 18.9 Å². The van der Waals surface area contributed by atoms with Gasteiger partial charge in [-0.25, -0.2) is 0 Å². The maximum Gasteiger partial charge on any atom is 0.115 e. The zero-order chi connectivity index (χ0) is 19.2. The third-order valence-electron chi connectivity index (χ3n) is 3.92. The third-order valence-corrected chi connectivity index (χ3v) is 3.92. The van der Waals surface area contributed by atoms with Crippen LogP contribution in [0.5, 0.6) is 5.75 Å². The fraction of sp³-hybridized carbons (Fsp3) is 0.667. The summed E-state index contributed by atoms with van der Waals surface area (Å²) in [5.74, 6) is 0.367. The van der Waals surface area contributed by atoms with Crippen molar-refractivity contribution < 1.29 is 9.90 Å². The second-order valence-electron chi connectivity index (χ2n) is 6.18. The van der Waals surface area contributed by atoms with Crippen molar-refractivity contribution in [1.29, 1.82) is 0 Å². The molecule has 4 heteroatoms. The summed E-state index contributed by atoms with van der Waals surface area (Å²) in [6.45, 7) is 5.47. The number of aryl methyl sites for hydroxylation is 1. The van der Waals surface area contributed by atoms with Crippen molar-refractivity contribution in [3.8, 4) is 5.75 Å². The summed E-state index contributed by atoms with van der Waals surface area (Å²) in [5, 5.41) is 9.20. The number of rotatable bonds is 12. The van der Waals surface area contributed by atoms with Crippen molar-refractivity contribution in [1.82, 2.24) is 0 Å². The topological polar surface area (TPSA) is 89.3 Å². The number of nitrogens with two attached hydrogens (primary N) is 2. The summed E-state index contributed by atoms with van der Waals surface area (Å²) in [6, 6.07) is 7.63. The zero-order valence-corrected chi connectivity index (χ0v) is 16.2. The van der Waals surface area contributed by atoms with E-state index in [1.165, 1.54) is 69.8 Å². The van der Waals surface area contributed by atoms with Gasteiger partial charge in [-0.3, -0.25) is 0 Å². The molecule has 25 heavy (non-hydrogen) atoms. The van der Waals surface area contributed by atoms with E-state index in [9.17, 15) is 5.11 Å². The Bertz CT molecular complexity index is 353. The first kappa shape index (κ1) is 25.8. The molecule has 0 heterocycles. The first-order valence-electron chi connectivity index (χ1n) is 9.71. The van der Waals surface area contributed by atoms with Gasteiger partial charge in [0.05, 0.1) is 0 Å². The van der Waals surface area contributed by atoms with Crippen molar-refractivity contribution in [2.75, 3.05) is 13.1 Å². The number of hydrogen-bond acceptors (Lipinski definition) is 4. The Morgan fingerprint density at radius 2 is 1.16 bits per heavy atom. The Balaban J connectivity index is 0. The van der Waals surface area contributed by atoms with Crippen LogP contribution in [0, 0.1) is 0 Å². The lowest BCUT2D eigenvalue weighted by molar-refractivity contribution is -0.0979. The summed E-state index contributed by atoms with van der Waals surface area (Å²) < 4.78 is 0. The van der Waals surface area contributed by atoms with Crippen molar-refractivity contribution in [3.63, 3.8) is 0 Å². The summed E-state index contributed by atoms with van der Waals surface area (Å²) in [7, 11) is 0. The number of unbranched alkanes of at least 4 members (excludes halogenated alkanes) is 9. The minimum Gasteiger partial charge on any atom is -0.508 e. The molecule has 0 aliphatic rings. The average molecular weight is 353 g/mol. The van der Waals surface area contributed by atoms with Crippen LogP contribution < -0.4 is 11.5 Å². The van der Waals surface area contributed by atoms with E-state index in [-0.39, 0.29) is 0 Å². The molecule has 4 nitrogen and oxygen atoms in total. The van der Waals surface area contributed by atoms with E-state index in [0.29, 0.717) is 18.8 Å². The molecule has 0 bridgehead atoms. The summed E-state index contributed by atoms with van der Waals surface area (Å²) in [4.78, 5) is 8.00. The number of hydrogen-bond donors (Lipinski definition) is 3. The normalized spacial score (nSPS) is 9.56. The van der Waals surface area contributed by atoms with Crippen LogP contribution in [-0.4, -0.2) is 25.0 Å². The Morgan fingerprint density at radius 1 is 0.760 bits per heavy atom. The van der Waals surface area contributed by atoms with Gasteiger partial charge < -0.3 is 21.4 Å². The minimum atomic E-state index is 0.367. The molecule has 146 valence electrons. The highest BCUT2D eigenvalue weighted by atomic mass is 16.3. The fourth-order valence-electron chi connectivity index (χ4n) is 2.48. The summed E-state index contributed by atoms with van der Waals surface area (Å²) in [6.07, 6.45) is 15.0. The molecule has 0 aliphatic heterocycles. The van der Waals surface area contributed by atoms with Gasteiger partial charge in [-0.1, -0.05) is 76.8 Å². The Kier molecular flexibility index (Phi) is 23.4. The molecule has 0 radical (unpaired) electrons. The second-order valence-corrected chi connectivity index (χ2v) is 6.18. The van der Waals surface area contributed by atoms with E-state index in [2.05, 4.69) is 6.92 Å².